The molecule has 1 saturated heterocycles. The van der Waals surface area contributed by atoms with E-state index < -0.39 is 0 Å². The van der Waals surface area contributed by atoms with Gasteiger partial charge in [-0.3, -0.25) is 14.2 Å². The summed E-state index contributed by atoms with van der Waals surface area (Å²) in [6.07, 6.45) is 10.4. The second-order valence-corrected chi connectivity index (χ2v) is 12.6. The van der Waals surface area contributed by atoms with Gasteiger partial charge in [0, 0.05) is 50.0 Å². The van der Waals surface area contributed by atoms with Crippen LogP contribution >= 0.6 is 23.1 Å². The highest BCUT2D eigenvalue weighted by molar-refractivity contribution is 7.99. The molecular formula is C31H43N5O2S2. The molecule has 1 aliphatic heterocycles. The number of carbonyl (C=O) groups excluding carboxylic acids is 2. The molecule has 1 aliphatic rings. The first kappa shape index (κ1) is 30.3. The van der Waals surface area contributed by atoms with Crippen LogP contribution in [0.25, 0.3) is 16.4 Å². The van der Waals surface area contributed by atoms with Crippen molar-refractivity contribution >= 4 is 34.9 Å². The van der Waals surface area contributed by atoms with E-state index in [1.54, 1.807) is 23.1 Å². The molecule has 0 N–H and O–H groups in total. The Labute approximate surface area is 247 Å². The molecular weight excluding hydrogens is 539 g/mol. The van der Waals surface area contributed by atoms with Crippen LogP contribution in [0.1, 0.15) is 78.1 Å². The van der Waals surface area contributed by atoms with Crippen LogP contribution in [-0.2, 0) is 9.59 Å². The lowest BCUT2D eigenvalue weighted by molar-refractivity contribution is -0.142. The third-order valence-corrected chi connectivity index (χ3v) is 9.33. The minimum atomic E-state index is 0.0734. The van der Waals surface area contributed by atoms with E-state index in [1.807, 2.05) is 39.4 Å². The number of unbranched alkanes of at least 4 members (excludes halogenated alkanes) is 6. The molecule has 1 atom stereocenters. The van der Waals surface area contributed by atoms with Crippen molar-refractivity contribution in [3.63, 3.8) is 0 Å². The SMILES string of the molecule is CCCCCCCCCC(=O)N1CCN(C(=O)CCCSc2nnc(-c3cccs3)n2-c2ccccc2)CC1C. The Morgan fingerprint density at radius 3 is 2.38 bits per heavy atom. The average molecular weight is 582 g/mol. The largest absolute Gasteiger partial charge is 0.339 e. The van der Waals surface area contributed by atoms with Gasteiger partial charge in [0.25, 0.3) is 0 Å². The van der Waals surface area contributed by atoms with Gasteiger partial charge in [-0.25, -0.2) is 0 Å². The number of amides is 2. The van der Waals surface area contributed by atoms with Crippen molar-refractivity contribution in [1.29, 1.82) is 0 Å². The lowest BCUT2D eigenvalue weighted by Crippen LogP contribution is -2.55. The van der Waals surface area contributed by atoms with Gasteiger partial charge in [0.05, 0.1) is 4.88 Å². The van der Waals surface area contributed by atoms with Crippen molar-refractivity contribution in [2.75, 3.05) is 25.4 Å². The third-order valence-electron chi connectivity index (χ3n) is 7.45. The second-order valence-electron chi connectivity index (χ2n) is 10.6. The molecule has 216 valence electrons. The van der Waals surface area contributed by atoms with E-state index >= 15 is 0 Å². The monoisotopic (exact) mass is 581 g/mol. The molecule has 0 bridgehead atoms. The fraction of sp³-hybridized carbons (Fsp3) is 0.548. The molecule has 40 heavy (non-hydrogen) atoms. The summed E-state index contributed by atoms with van der Waals surface area (Å²) in [5, 5.41) is 11.9. The van der Waals surface area contributed by atoms with Crippen LogP contribution < -0.4 is 0 Å². The molecule has 0 spiro atoms. The first-order valence-corrected chi connectivity index (χ1v) is 16.7. The fourth-order valence-corrected chi connectivity index (χ4v) is 6.80. The lowest BCUT2D eigenvalue weighted by Gasteiger charge is -2.40. The predicted octanol–water partition coefficient (Wildman–Crippen LogP) is 7.07. The highest BCUT2D eigenvalue weighted by atomic mass is 32.2. The first-order chi connectivity index (χ1) is 19.6. The molecule has 4 rings (SSSR count). The van der Waals surface area contributed by atoms with Gasteiger partial charge in [-0.15, -0.1) is 21.5 Å². The molecule has 9 heteroatoms. The molecule has 1 fully saturated rings. The Kier molecular flexibility index (Phi) is 12.1. The number of piperazine rings is 1. The summed E-state index contributed by atoms with van der Waals surface area (Å²) < 4.78 is 2.10. The van der Waals surface area contributed by atoms with E-state index in [9.17, 15) is 9.59 Å². The van der Waals surface area contributed by atoms with E-state index in [-0.39, 0.29) is 17.9 Å². The maximum atomic E-state index is 13.0. The van der Waals surface area contributed by atoms with Gasteiger partial charge >= 0.3 is 0 Å². The van der Waals surface area contributed by atoms with Crippen molar-refractivity contribution in [2.24, 2.45) is 0 Å². The van der Waals surface area contributed by atoms with Crippen molar-refractivity contribution in [3.8, 4) is 16.4 Å². The Morgan fingerprint density at radius 2 is 1.65 bits per heavy atom. The maximum Gasteiger partial charge on any atom is 0.222 e. The minimum absolute atomic E-state index is 0.0734. The first-order valence-electron chi connectivity index (χ1n) is 14.8. The van der Waals surface area contributed by atoms with E-state index in [0.29, 0.717) is 32.5 Å². The highest BCUT2D eigenvalue weighted by Gasteiger charge is 2.29. The van der Waals surface area contributed by atoms with E-state index in [0.717, 1.165) is 46.6 Å². The number of thioether (sulfide) groups is 1. The van der Waals surface area contributed by atoms with Crippen LogP contribution in [-0.4, -0.2) is 67.8 Å². The van der Waals surface area contributed by atoms with Crippen LogP contribution in [0.2, 0.25) is 0 Å². The molecule has 1 aromatic carbocycles. The molecule has 2 amide bonds. The van der Waals surface area contributed by atoms with Crippen molar-refractivity contribution in [1.82, 2.24) is 24.6 Å². The van der Waals surface area contributed by atoms with Crippen molar-refractivity contribution < 1.29 is 9.59 Å². The Balaban J connectivity index is 1.20. The minimum Gasteiger partial charge on any atom is -0.339 e. The van der Waals surface area contributed by atoms with Crippen LogP contribution in [0.5, 0.6) is 0 Å². The van der Waals surface area contributed by atoms with Gasteiger partial charge in [0.15, 0.2) is 11.0 Å². The van der Waals surface area contributed by atoms with Crippen molar-refractivity contribution in [3.05, 3.63) is 47.8 Å². The Bertz CT molecular complexity index is 1180. The number of thiophene rings is 1. The van der Waals surface area contributed by atoms with Crippen LogP contribution in [0.3, 0.4) is 0 Å². The number of hydrogen-bond acceptors (Lipinski definition) is 6. The molecule has 1 unspecified atom stereocenters. The molecule has 0 aliphatic carbocycles. The quantitative estimate of drug-likeness (QED) is 0.142. The summed E-state index contributed by atoms with van der Waals surface area (Å²) in [4.78, 5) is 30.8. The Morgan fingerprint density at radius 1 is 0.900 bits per heavy atom. The van der Waals surface area contributed by atoms with Gasteiger partial charge < -0.3 is 9.80 Å². The third kappa shape index (κ3) is 8.43. The summed E-state index contributed by atoms with van der Waals surface area (Å²) in [5.41, 5.74) is 1.03. The fourth-order valence-electron chi connectivity index (χ4n) is 5.22. The normalized spacial score (nSPS) is 15.5. The zero-order valence-electron chi connectivity index (χ0n) is 24.0. The molecule has 7 nitrogen and oxygen atoms in total. The van der Waals surface area contributed by atoms with E-state index in [2.05, 4.69) is 46.8 Å². The van der Waals surface area contributed by atoms with Crippen molar-refractivity contribution in [2.45, 2.75) is 89.3 Å². The van der Waals surface area contributed by atoms with Gasteiger partial charge in [0.2, 0.25) is 11.8 Å². The van der Waals surface area contributed by atoms with Gasteiger partial charge in [0.1, 0.15) is 0 Å². The topological polar surface area (TPSA) is 71.3 Å². The van der Waals surface area contributed by atoms with Gasteiger partial charge in [-0.1, -0.05) is 81.5 Å². The summed E-state index contributed by atoms with van der Waals surface area (Å²) in [6, 6.07) is 14.3. The number of rotatable bonds is 15. The second kappa shape index (κ2) is 16.0. The Hall–Kier alpha value is -2.65. The van der Waals surface area contributed by atoms with Gasteiger partial charge in [-0.2, -0.15) is 0 Å². The lowest BCUT2D eigenvalue weighted by atomic mass is 10.1. The summed E-state index contributed by atoms with van der Waals surface area (Å²) in [5.74, 6) is 2.05. The van der Waals surface area contributed by atoms with Crippen LogP contribution in [0.15, 0.2) is 53.0 Å². The zero-order valence-corrected chi connectivity index (χ0v) is 25.6. The van der Waals surface area contributed by atoms with Gasteiger partial charge in [-0.05, 0) is 43.3 Å². The molecule has 0 saturated carbocycles. The number of aromatic nitrogens is 3. The summed E-state index contributed by atoms with van der Waals surface area (Å²) >= 11 is 3.29. The molecule has 2 aromatic heterocycles. The molecule has 3 aromatic rings. The van der Waals surface area contributed by atoms with E-state index in [4.69, 9.17) is 0 Å². The number of benzene rings is 1. The smallest absolute Gasteiger partial charge is 0.222 e. The van der Waals surface area contributed by atoms with Crippen LogP contribution in [0, 0.1) is 0 Å². The van der Waals surface area contributed by atoms with Crippen LogP contribution in [0.4, 0.5) is 0 Å². The number of carbonyl (C=O) groups is 2. The maximum absolute atomic E-state index is 13.0. The van der Waals surface area contributed by atoms with E-state index in [1.165, 1.54) is 32.1 Å². The summed E-state index contributed by atoms with van der Waals surface area (Å²) in [7, 11) is 0. The summed E-state index contributed by atoms with van der Waals surface area (Å²) in [6.45, 7) is 6.20. The predicted molar refractivity (Wildman–Crippen MR) is 165 cm³/mol. The molecule has 3 heterocycles. The average Bonchev–Trinajstić information content (AvgIpc) is 3.65. The number of nitrogens with zero attached hydrogens (tertiary/aromatic N) is 5. The molecule has 0 radical (unpaired) electrons. The zero-order chi connectivity index (χ0) is 28.2. The number of hydrogen-bond donors (Lipinski definition) is 0. The standard InChI is InChI=1S/C31H43N5O2S2/c1-3-4-5-6-7-8-12-18-29(38)35-21-20-34(24-25(35)2)28(37)19-14-23-40-31-33-32-30(27-17-13-22-39-27)36(31)26-15-10-9-11-16-26/h9-11,13,15-17,22,25H,3-8,12,14,18-21,23-24H2,1-2H3. The highest BCUT2D eigenvalue weighted by Crippen LogP contribution is 2.30. The number of para-hydroxylation sites is 1.